The fraction of sp³-hybridized carbons (Fsp3) is 0.250. The minimum atomic E-state index is -4.09. The number of aromatic nitrogens is 1. The van der Waals surface area contributed by atoms with Crippen molar-refractivity contribution in [3.63, 3.8) is 0 Å². The second kappa shape index (κ2) is 6.20. The minimum absolute atomic E-state index is 0.172. The van der Waals surface area contributed by atoms with Crippen molar-refractivity contribution in [2.75, 3.05) is 10.8 Å². The van der Waals surface area contributed by atoms with Crippen LogP contribution in [0.1, 0.15) is 23.2 Å². The van der Waals surface area contributed by atoms with Gasteiger partial charge in [0.15, 0.2) is 5.03 Å². The molecule has 1 aliphatic rings. The van der Waals surface area contributed by atoms with Crippen LogP contribution in [0.5, 0.6) is 0 Å². The molecule has 3 rings (SSSR count). The number of anilines is 1. The van der Waals surface area contributed by atoms with Crippen molar-refractivity contribution in [2.45, 2.75) is 17.9 Å². The van der Waals surface area contributed by atoms with Gasteiger partial charge in [-0.15, -0.1) is 0 Å². The van der Waals surface area contributed by atoms with E-state index in [0.29, 0.717) is 0 Å². The van der Waals surface area contributed by atoms with Gasteiger partial charge in [0.1, 0.15) is 5.82 Å². The van der Waals surface area contributed by atoms with E-state index in [-0.39, 0.29) is 28.7 Å². The highest BCUT2D eigenvalue weighted by Gasteiger charge is 2.33. The van der Waals surface area contributed by atoms with Gasteiger partial charge in [-0.1, -0.05) is 6.07 Å². The summed E-state index contributed by atoms with van der Waals surface area (Å²) >= 11 is 0. The molecule has 1 N–H and O–H groups in total. The summed E-state index contributed by atoms with van der Waals surface area (Å²) in [5.74, 6) is -1.57. The molecule has 1 fully saturated rings. The van der Waals surface area contributed by atoms with E-state index in [1.807, 2.05) is 0 Å². The highest BCUT2D eigenvalue weighted by Crippen LogP contribution is 2.34. The number of carboxylic acid groups (broad SMARTS) is 1. The molecule has 0 aliphatic heterocycles. The third-order valence-electron chi connectivity index (χ3n) is 3.75. The van der Waals surface area contributed by atoms with Crippen molar-refractivity contribution in [1.29, 1.82) is 0 Å². The average molecular weight is 350 g/mol. The molecular formula is C16H15FN2O4S. The van der Waals surface area contributed by atoms with Crippen LogP contribution in [0.2, 0.25) is 0 Å². The van der Waals surface area contributed by atoms with Gasteiger partial charge in [-0.2, -0.15) is 8.42 Å². The molecule has 0 radical (unpaired) electrons. The fourth-order valence-electron chi connectivity index (χ4n) is 2.30. The second-order valence-corrected chi connectivity index (χ2v) is 7.46. The van der Waals surface area contributed by atoms with Gasteiger partial charge in [-0.3, -0.25) is 4.31 Å². The standard InChI is InChI=1S/C16H15FN2O4S/c17-13-2-1-3-14(9-13)19(10-11-4-5-11)24(22,23)15-8-12(16(20)21)6-7-18-15/h1-3,6-9,11H,4-5,10H2,(H,20,21). The molecule has 2 aromatic rings. The van der Waals surface area contributed by atoms with Gasteiger partial charge in [0, 0.05) is 12.7 Å². The van der Waals surface area contributed by atoms with Gasteiger partial charge in [-0.05, 0) is 49.1 Å². The number of halogens is 1. The van der Waals surface area contributed by atoms with E-state index in [2.05, 4.69) is 4.98 Å². The predicted octanol–water partition coefficient (Wildman–Crippen LogP) is 2.52. The Morgan fingerprint density at radius 2 is 2.04 bits per heavy atom. The van der Waals surface area contributed by atoms with E-state index in [9.17, 15) is 17.6 Å². The zero-order chi connectivity index (χ0) is 17.3. The van der Waals surface area contributed by atoms with E-state index in [1.165, 1.54) is 24.3 Å². The third-order valence-corrected chi connectivity index (χ3v) is 5.45. The smallest absolute Gasteiger partial charge is 0.335 e. The van der Waals surface area contributed by atoms with Crippen molar-refractivity contribution in [3.05, 3.63) is 54.0 Å². The van der Waals surface area contributed by atoms with Crippen LogP contribution in [0, 0.1) is 11.7 Å². The van der Waals surface area contributed by atoms with Gasteiger partial charge in [0.2, 0.25) is 0 Å². The summed E-state index contributed by atoms with van der Waals surface area (Å²) < 4.78 is 40.5. The highest BCUT2D eigenvalue weighted by molar-refractivity contribution is 7.92. The van der Waals surface area contributed by atoms with Crippen LogP contribution in [0.4, 0.5) is 10.1 Å². The summed E-state index contributed by atoms with van der Waals surface area (Å²) in [6.07, 6.45) is 2.95. The Balaban J connectivity index is 2.05. The summed E-state index contributed by atoms with van der Waals surface area (Å²) in [7, 11) is -4.09. The number of carboxylic acids is 1. The number of sulfonamides is 1. The number of pyridine rings is 1. The van der Waals surface area contributed by atoms with Crippen LogP contribution in [-0.2, 0) is 10.0 Å². The molecule has 1 aromatic heterocycles. The Morgan fingerprint density at radius 3 is 2.67 bits per heavy atom. The first-order valence-electron chi connectivity index (χ1n) is 7.35. The van der Waals surface area contributed by atoms with E-state index in [4.69, 9.17) is 5.11 Å². The number of nitrogens with zero attached hydrogens (tertiary/aromatic N) is 2. The van der Waals surface area contributed by atoms with Gasteiger partial charge >= 0.3 is 5.97 Å². The predicted molar refractivity (Wildman–Crippen MR) is 84.9 cm³/mol. The number of hydrogen-bond acceptors (Lipinski definition) is 4. The Kier molecular flexibility index (Phi) is 4.23. The molecule has 0 unspecified atom stereocenters. The number of aromatic carboxylic acids is 1. The summed E-state index contributed by atoms with van der Waals surface area (Å²) in [6.45, 7) is 0.213. The largest absolute Gasteiger partial charge is 0.478 e. The summed E-state index contributed by atoms with van der Waals surface area (Å²) in [5.41, 5.74) is 0.0265. The van der Waals surface area contributed by atoms with Crippen LogP contribution >= 0.6 is 0 Å². The summed E-state index contributed by atoms with van der Waals surface area (Å²) in [6, 6.07) is 7.53. The molecule has 8 heteroatoms. The quantitative estimate of drug-likeness (QED) is 0.865. The van der Waals surface area contributed by atoms with Crippen LogP contribution < -0.4 is 4.31 Å². The molecule has 0 bridgehead atoms. The fourth-order valence-corrected chi connectivity index (χ4v) is 3.80. The number of carbonyl (C=O) groups is 1. The first-order valence-corrected chi connectivity index (χ1v) is 8.79. The molecule has 0 atom stereocenters. The van der Waals surface area contributed by atoms with E-state index in [1.54, 1.807) is 0 Å². The zero-order valence-corrected chi connectivity index (χ0v) is 13.4. The lowest BCUT2D eigenvalue weighted by molar-refractivity contribution is 0.0696. The highest BCUT2D eigenvalue weighted by atomic mass is 32.2. The third kappa shape index (κ3) is 3.38. The first-order chi connectivity index (χ1) is 11.4. The normalized spacial score (nSPS) is 14.4. The van der Waals surface area contributed by atoms with Crippen LogP contribution in [0.25, 0.3) is 0 Å². The molecule has 0 saturated heterocycles. The van der Waals surface area contributed by atoms with Crippen LogP contribution in [0.15, 0.2) is 47.6 Å². The van der Waals surface area contributed by atoms with Crippen molar-refractivity contribution in [3.8, 4) is 0 Å². The minimum Gasteiger partial charge on any atom is -0.478 e. The zero-order valence-electron chi connectivity index (χ0n) is 12.6. The molecule has 6 nitrogen and oxygen atoms in total. The Bertz CT molecular complexity index is 881. The molecule has 1 aliphatic carbocycles. The average Bonchev–Trinajstić information content (AvgIpc) is 3.36. The lowest BCUT2D eigenvalue weighted by Crippen LogP contribution is -2.33. The van der Waals surface area contributed by atoms with Gasteiger partial charge < -0.3 is 5.11 Å². The Labute approximate surface area is 138 Å². The van der Waals surface area contributed by atoms with Crippen molar-refractivity contribution < 1.29 is 22.7 Å². The molecule has 1 aromatic carbocycles. The second-order valence-electron chi connectivity index (χ2n) is 5.65. The van der Waals surface area contributed by atoms with E-state index in [0.717, 1.165) is 35.5 Å². The topological polar surface area (TPSA) is 87.6 Å². The van der Waals surface area contributed by atoms with Crippen molar-refractivity contribution >= 4 is 21.7 Å². The molecule has 1 saturated carbocycles. The molecule has 0 amide bonds. The van der Waals surface area contributed by atoms with Crippen LogP contribution in [0.3, 0.4) is 0 Å². The maximum Gasteiger partial charge on any atom is 0.335 e. The molecule has 24 heavy (non-hydrogen) atoms. The molecular weight excluding hydrogens is 335 g/mol. The van der Waals surface area contributed by atoms with Gasteiger partial charge in [0.05, 0.1) is 11.3 Å². The Hall–Kier alpha value is -2.48. The number of rotatable bonds is 6. The van der Waals surface area contributed by atoms with E-state index >= 15 is 0 Å². The summed E-state index contributed by atoms with van der Waals surface area (Å²) in [5, 5.41) is 8.67. The molecule has 126 valence electrons. The Morgan fingerprint density at radius 1 is 1.29 bits per heavy atom. The van der Waals surface area contributed by atoms with Gasteiger partial charge in [0.25, 0.3) is 10.0 Å². The lowest BCUT2D eigenvalue weighted by Gasteiger charge is -2.24. The number of hydrogen-bond donors (Lipinski definition) is 1. The number of benzene rings is 1. The van der Waals surface area contributed by atoms with Crippen LogP contribution in [-0.4, -0.2) is 31.0 Å². The van der Waals surface area contributed by atoms with Crippen molar-refractivity contribution in [2.24, 2.45) is 5.92 Å². The SMILES string of the molecule is O=C(O)c1ccnc(S(=O)(=O)N(CC2CC2)c2cccc(F)c2)c1. The molecule has 0 spiro atoms. The summed E-state index contributed by atoms with van der Waals surface area (Å²) in [4.78, 5) is 14.9. The maximum atomic E-state index is 13.5. The molecule has 1 heterocycles. The first kappa shape index (κ1) is 16.4. The van der Waals surface area contributed by atoms with Crippen molar-refractivity contribution in [1.82, 2.24) is 4.98 Å². The monoisotopic (exact) mass is 350 g/mol. The maximum absolute atomic E-state index is 13.5. The lowest BCUT2D eigenvalue weighted by atomic mass is 10.3. The van der Waals surface area contributed by atoms with E-state index < -0.39 is 21.8 Å². The van der Waals surface area contributed by atoms with Gasteiger partial charge in [-0.25, -0.2) is 14.2 Å².